The van der Waals surface area contributed by atoms with Crippen LogP contribution in [0.5, 0.6) is 5.75 Å². The number of carbonyl (C=O) groups is 2. The molecular weight excluding hydrogens is 490 g/mol. The summed E-state index contributed by atoms with van der Waals surface area (Å²) in [5.74, 6) is 0.110. The average Bonchev–Trinajstić information content (AvgIpc) is 3.32. The van der Waals surface area contributed by atoms with Gasteiger partial charge in [0.2, 0.25) is 11.8 Å². The zero-order valence-corrected chi connectivity index (χ0v) is 21.6. The summed E-state index contributed by atoms with van der Waals surface area (Å²) in [6, 6.07) is 22.5. The van der Waals surface area contributed by atoms with E-state index >= 15 is 0 Å². The maximum atomic E-state index is 13.6. The normalized spacial score (nSPS) is 13.4. The predicted molar refractivity (Wildman–Crippen MR) is 142 cm³/mol. The van der Waals surface area contributed by atoms with Gasteiger partial charge in [0.05, 0.1) is 17.2 Å². The number of amides is 2. The van der Waals surface area contributed by atoms with Gasteiger partial charge in [-0.15, -0.1) is 0 Å². The molecule has 0 aliphatic carbocycles. The molecule has 0 unspecified atom stereocenters. The van der Waals surface area contributed by atoms with Crippen LogP contribution in [0, 0.1) is 0 Å². The second kappa shape index (κ2) is 11.9. The van der Waals surface area contributed by atoms with E-state index in [2.05, 4.69) is 5.32 Å². The molecule has 1 heterocycles. The van der Waals surface area contributed by atoms with Crippen molar-refractivity contribution in [1.29, 1.82) is 0 Å². The monoisotopic (exact) mass is 521 g/mol. The summed E-state index contributed by atoms with van der Waals surface area (Å²) in [4.78, 5) is 26.8. The Kier molecular flexibility index (Phi) is 8.45. The lowest BCUT2D eigenvalue weighted by Gasteiger charge is -2.26. The van der Waals surface area contributed by atoms with E-state index in [1.54, 1.807) is 42.5 Å². The third-order valence-corrected chi connectivity index (χ3v) is 7.88. The Labute approximate surface area is 217 Å². The van der Waals surface area contributed by atoms with Crippen molar-refractivity contribution in [2.24, 2.45) is 0 Å². The summed E-state index contributed by atoms with van der Waals surface area (Å²) in [7, 11) is -4.03. The number of anilines is 1. The number of hydrogen-bond acceptors (Lipinski definition) is 5. The van der Waals surface area contributed by atoms with Crippen LogP contribution in [0.15, 0.2) is 83.8 Å². The van der Waals surface area contributed by atoms with Crippen LogP contribution in [-0.4, -0.2) is 44.8 Å². The van der Waals surface area contributed by atoms with Crippen LogP contribution in [-0.2, 0) is 32.7 Å². The van der Waals surface area contributed by atoms with E-state index in [1.807, 2.05) is 36.1 Å². The maximum Gasteiger partial charge on any atom is 0.264 e. The zero-order valence-electron chi connectivity index (χ0n) is 20.8. The Morgan fingerprint density at radius 1 is 0.973 bits per heavy atom. The van der Waals surface area contributed by atoms with Crippen LogP contribution < -0.4 is 14.4 Å². The second-order valence-electron chi connectivity index (χ2n) is 8.74. The molecule has 0 saturated carbocycles. The minimum atomic E-state index is -4.03. The molecule has 4 rings (SSSR count). The van der Waals surface area contributed by atoms with E-state index in [0.717, 1.165) is 28.4 Å². The minimum Gasteiger partial charge on any atom is -0.492 e. The van der Waals surface area contributed by atoms with Crippen LogP contribution in [0.2, 0.25) is 0 Å². The Morgan fingerprint density at radius 2 is 1.65 bits per heavy atom. The number of para-hydroxylation sites is 2. The molecule has 1 saturated heterocycles. The van der Waals surface area contributed by atoms with Crippen LogP contribution in [0.3, 0.4) is 0 Å². The first-order valence-electron chi connectivity index (χ1n) is 12.3. The highest BCUT2D eigenvalue weighted by Crippen LogP contribution is 2.32. The predicted octanol–water partition coefficient (Wildman–Crippen LogP) is 3.72. The molecule has 3 aromatic rings. The molecular formula is C28H31N3O5S. The highest BCUT2D eigenvalue weighted by Gasteiger charge is 2.29. The number of likely N-dealkylation sites (tertiary alicyclic amines) is 1. The van der Waals surface area contributed by atoms with Gasteiger partial charge in [-0.1, -0.05) is 54.6 Å². The number of sulfonamides is 1. The standard InChI is InChI=1S/C28H31N3O5S/c1-2-36-26-12-7-6-11-25(26)31(37(34,35)24-9-4-3-5-10-24)21-27(32)29-19-22-14-16-23(17-15-22)20-30-18-8-13-28(30)33/h3-7,9-12,14-17H,2,8,13,18-21H2,1H3,(H,29,32). The van der Waals surface area contributed by atoms with Gasteiger partial charge in [-0.3, -0.25) is 13.9 Å². The van der Waals surface area contributed by atoms with Crippen molar-refractivity contribution in [3.05, 3.63) is 90.0 Å². The first-order chi connectivity index (χ1) is 17.9. The van der Waals surface area contributed by atoms with Gasteiger partial charge in [-0.05, 0) is 48.7 Å². The Morgan fingerprint density at radius 3 is 2.32 bits per heavy atom. The lowest BCUT2D eigenvalue weighted by molar-refractivity contribution is -0.128. The number of nitrogens with zero attached hydrogens (tertiary/aromatic N) is 2. The summed E-state index contributed by atoms with van der Waals surface area (Å²) >= 11 is 0. The molecule has 0 radical (unpaired) electrons. The molecule has 1 aliphatic rings. The van der Waals surface area contributed by atoms with Crippen molar-refractivity contribution in [1.82, 2.24) is 10.2 Å². The van der Waals surface area contributed by atoms with Crippen molar-refractivity contribution in [2.45, 2.75) is 37.8 Å². The van der Waals surface area contributed by atoms with Crippen LogP contribution >= 0.6 is 0 Å². The Hall–Kier alpha value is -3.85. The van der Waals surface area contributed by atoms with E-state index < -0.39 is 22.5 Å². The van der Waals surface area contributed by atoms with E-state index in [0.29, 0.717) is 31.0 Å². The molecule has 1 N–H and O–H groups in total. The molecule has 194 valence electrons. The zero-order chi connectivity index (χ0) is 26.3. The largest absolute Gasteiger partial charge is 0.492 e. The van der Waals surface area contributed by atoms with Gasteiger partial charge < -0.3 is 15.0 Å². The van der Waals surface area contributed by atoms with Crippen molar-refractivity contribution in [3.8, 4) is 5.75 Å². The molecule has 0 spiro atoms. The number of carbonyl (C=O) groups excluding carboxylic acids is 2. The van der Waals surface area contributed by atoms with E-state index in [-0.39, 0.29) is 17.3 Å². The maximum absolute atomic E-state index is 13.6. The van der Waals surface area contributed by atoms with E-state index in [1.165, 1.54) is 12.1 Å². The van der Waals surface area contributed by atoms with Crippen LogP contribution in [0.25, 0.3) is 0 Å². The fourth-order valence-electron chi connectivity index (χ4n) is 4.20. The number of rotatable bonds is 11. The van der Waals surface area contributed by atoms with Crippen molar-refractivity contribution < 1.29 is 22.7 Å². The lowest BCUT2D eigenvalue weighted by atomic mass is 10.1. The summed E-state index contributed by atoms with van der Waals surface area (Å²) in [5.41, 5.74) is 2.19. The van der Waals surface area contributed by atoms with E-state index in [4.69, 9.17) is 4.74 Å². The van der Waals surface area contributed by atoms with Crippen molar-refractivity contribution in [3.63, 3.8) is 0 Å². The molecule has 9 heteroatoms. The molecule has 37 heavy (non-hydrogen) atoms. The molecule has 0 bridgehead atoms. The summed E-state index contributed by atoms with van der Waals surface area (Å²) in [5, 5.41) is 2.82. The molecule has 2 amide bonds. The highest BCUT2D eigenvalue weighted by molar-refractivity contribution is 7.92. The number of benzene rings is 3. The van der Waals surface area contributed by atoms with E-state index in [9.17, 15) is 18.0 Å². The first kappa shape index (κ1) is 26.2. The Bertz CT molecular complexity index is 1330. The third-order valence-electron chi connectivity index (χ3n) is 6.11. The molecule has 8 nitrogen and oxygen atoms in total. The molecule has 1 fully saturated rings. The van der Waals surface area contributed by atoms with Gasteiger partial charge in [-0.2, -0.15) is 0 Å². The molecule has 0 aromatic heterocycles. The topological polar surface area (TPSA) is 96.0 Å². The summed E-state index contributed by atoms with van der Waals surface area (Å²) in [6.45, 7) is 3.37. The van der Waals surface area contributed by atoms with Crippen LogP contribution in [0.1, 0.15) is 30.9 Å². The minimum absolute atomic E-state index is 0.0844. The molecule has 1 aliphatic heterocycles. The summed E-state index contributed by atoms with van der Waals surface area (Å²) < 4.78 is 33.9. The van der Waals surface area contributed by atoms with Crippen LogP contribution in [0.4, 0.5) is 5.69 Å². The molecule has 3 aromatic carbocycles. The first-order valence-corrected chi connectivity index (χ1v) is 13.7. The van der Waals surface area contributed by atoms with Crippen molar-refractivity contribution in [2.75, 3.05) is 24.0 Å². The van der Waals surface area contributed by atoms with Gasteiger partial charge in [0.25, 0.3) is 10.0 Å². The van der Waals surface area contributed by atoms with Gasteiger partial charge in [-0.25, -0.2) is 8.42 Å². The number of hydrogen-bond donors (Lipinski definition) is 1. The van der Waals surface area contributed by atoms with Crippen molar-refractivity contribution >= 4 is 27.5 Å². The second-order valence-corrected chi connectivity index (χ2v) is 10.6. The fraction of sp³-hybridized carbons (Fsp3) is 0.286. The third kappa shape index (κ3) is 6.48. The SMILES string of the molecule is CCOc1ccccc1N(CC(=O)NCc1ccc(CN2CCCC2=O)cc1)S(=O)(=O)c1ccccc1. The summed E-state index contributed by atoms with van der Waals surface area (Å²) in [6.07, 6.45) is 1.51. The van der Waals surface area contributed by atoms with Gasteiger partial charge >= 0.3 is 0 Å². The number of ether oxygens (including phenoxy) is 1. The fourth-order valence-corrected chi connectivity index (χ4v) is 5.65. The highest BCUT2D eigenvalue weighted by atomic mass is 32.2. The van der Waals surface area contributed by atoms with Gasteiger partial charge in [0, 0.05) is 26.1 Å². The van der Waals surface area contributed by atoms with Gasteiger partial charge in [0.15, 0.2) is 0 Å². The number of nitrogens with one attached hydrogen (secondary N) is 1. The lowest BCUT2D eigenvalue weighted by Crippen LogP contribution is -2.40. The average molecular weight is 522 g/mol. The Balaban J connectivity index is 1.47. The smallest absolute Gasteiger partial charge is 0.264 e. The quantitative estimate of drug-likeness (QED) is 0.415. The van der Waals surface area contributed by atoms with Gasteiger partial charge in [0.1, 0.15) is 12.3 Å². The molecule has 0 atom stereocenters.